The molecule has 1 unspecified atom stereocenters. The zero-order chi connectivity index (χ0) is 14.4. The molecule has 112 valence electrons. The molecule has 0 aromatic heterocycles. The lowest BCUT2D eigenvalue weighted by Crippen LogP contribution is -2.56. The Bertz CT molecular complexity index is 282. The first-order valence-electron chi connectivity index (χ1n) is 7.19. The van der Waals surface area contributed by atoms with Crippen molar-refractivity contribution >= 4 is 6.03 Å². The van der Waals surface area contributed by atoms with E-state index in [-0.39, 0.29) is 12.8 Å². The SMILES string of the molecule is CC(C)CCN1CC(O)CN(COCC(C)C)C1=O. The smallest absolute Gasteiger partial charge is 0.322 e. The number of aliphatic hydroxyl groups excluding tert-OH is 1. The van der Waals surface area contributed by atoms with Crippen LogP contribution in [0.15, 0.2) is 0 Å². The number of urea groups is 1. The zero-order valence-electron chi connectivity index (χ0n) is 12.6. The minimum absolute atomic E-state index is 0.0188. The summed E-state index contributed by atoms with van der Waals surface area (Å²) in [5, 5.41) is 9.85. The van der Waals surface area contributed by atoms with Gasteiger partial charge in [-0.15, -0.1) is 0 Å². The van der Waals surface area contributed by atoms with Gasteiger partial charge in [-0.1, -0.05) is 27.7 Å². The lowest BCUT2D eigenvalue weighted by molar-refractivity contribution is -0.0205. The van der Waals surface area contributed by atoms with Crippen molar-refractivity contribution < 1.29 is 14.6 Å². The standard InChI is InChI=1S/C14H28N2O3/c1-11(2)5-6-15-7-13(17)8-16(14(15)18)10-19-9-12(3)4/h11-13,17H,5-10H2,1-4H3. The van der Waals surface area contributed by atoms with Crippen LogP contribution >= 0.6 is 0 Å². The Morgan fingerprint density at radius 3 is 2.42 bits per heavy atom. The van der Waals surface area contributed by atoms with E-state index >= 15 is 0 Å². The molecule has 1 saturated heterocycles. The lowest BCUT2D eigenvalue weighted by atomic mass is 10.1. The molecule has 5 nitrogen and oxygen atoms in total. The van der Waals surface area contributed by atoms with Crippen molar-refractivity contribution in [1.82, 2.24) is 9.80 Å². The predicted molar refractivity (Wildman–Crippen MR) is 74.8 cm³/mol. The van der Waals surface area contributed by atoms with Crippen LogP contribution in [0.5, 0.6) is 0 Å². The number of ether oxygens (including phenoxy) is 1. The van der Waals surface area contributed by atoms with Crippen molar-refractivity contribution in [3.63, 3.8) is 0 Å². The van der Waals surface area contributed by atoms with E-state index in [0.29, 0.717) is 38.1 Å². The highest BCUT2D eigenvalue weighted by Gasteiger charge is 2.30. The molecule has 0 bridgehead atoms. The Balaban J connectivity index is 2.45. The van der Waals surface area contributed by atoms with Crippen LogP contribution in [-0.4, -0.2) is 60.0 Å². The van der Waals surface area contributed by atoms with Gasteiger partial charge in [0.15, 0.2) is 0 Å². The first-order valence-corrected chi connectivity index (χ1v) is 7.19. The monoisotopic (exact) mass is 272 g/mol. The Hall–Kier alpha value is -0.810. The fourth-order valence-electron chi connectivity index (χ4n) is 2.03. The van der Waals surface area contributed by atoms with Gasteiger partial charge in [-0.25, -0.2) is 4.79 Å². The summed E-state index contributed by atoms with van der Waals surface area (Å²) in [6.45, 7) is 10.8. The molecule has 0 aromatic rings. The molecule has 1 aliphatic heterocycles. The second-order valence-electron chi connectivity index (χ2n) is 6.18. The molecule has 1 aliphatic rings. The molecule has 5 heteroatoms. The summed E-state index contributed by atoms with van der Waals surface area (Å²) >= 11 is 0. The zero-order valence-corrected chi connectivity index (χ0v) is 12.6. The molecule has 0 saturated carbocycles. The number of carbonyl (C=O) groups excluding carboxylic acids is 1. The molecule has 2 amide bonds. The molecule has 0 radical (unpaired) electrons. The van der Waals surface area contributed by atoms with E-state index in [1.807, 2.05) is 0 Å². The Kier molecular flexibility index (Phi) is 6.58. The van der Waals surface area contributed by atoms with Gasteiger partial charge in [-0.2, -0.15) is 0 Å². The van der Waals surface area contributed by atoms with E-state index in [4.69, 9.17) is 4.74 Å². The Morgan fingerprint density at radius 2 is 1.84 bits per heavy atom. The number of aliphatic hydroxyl groups is 1. The number of amides is 2. The maximum Gasteiger partial charge on any atom is 0.322 e. The highest BCUT2D eigenvalue weighted by Crippen LogP contribution is 2.12. The van der Waals surface area contributed by atoms with Crippen LogP contribution in [0.4, 0.5) is 4.79 Å². The van der Waals surface area contributed by atoms with Crippen molar-refractivity contribution in [3.05, 3.63) is 0 Å². The lowest BCUT2D eigenvalue weighted by Gasteiger charge is -2.38. The summed E-state index contributed by atoms with van der Waals surface area (Å²) < 4.78 is 5.49. The molecule has 1 N–H and O–H groups in total. The van der Waals surface area contributed by atoms with Gasteiger partial charge in [0.05, 0.1) is 25.8 Å². The number of rotatable bonds is 7. The average Bonchev–Trinajstić information content (AvgIpc) is 2.30. The largest absolute Gasteiger partial charge is 0.389 e. The number of hydrogen-bond donors (Lipinski definition) is 1. The molecular formula is C14H28N2O3. The molecule has 0 spiro atoms. The summed E-state index contributed by atoms with van der Waals surface area (Å²) in [6.07, 6.45) is 0.478. The molecule has 1 fully saturated rings. The molecule has 1 rings (SSSR count). The average molecular weight is 272 g/mol. The fraction of sp³-hybridized carbons (Fsp3) is 0.929. The van der Waals surface area contributed by atoms with Gasteiger partial charge in [0, 0.05) is 6.54 Å². The predicted octanol–water partition coefficient (Wildman–Crippen LogP) is 1.76. The molecule has 19 heavy (non-hydrogen) atoms. The molecule has 1 heterocycles. The quantitative estimate of drug-likeness (QED) is 0.768. The van der Waals surface area contributed by atoms with E-state index < -0.39 is 6.10 Å². The molecule has 0 aromatic carbocycles. The van der Waals surface area contributed by atoms with Gasteiger partial charge in [0.2, 0.25) is 0 Å². The third kappa shape index (κ3) is 5.78. The highest BCUT2D eigenvalue weighted by molar-refractivity contribution is 5.75. The van der Waals surface area contributed by atoms with E-state index in [9.17, 15) is 9.90 Å². The Morgan fingerprint density at radius 1 is 1.21 bits per heavy atom. The first kappa shape index (κ1) is 16.2. The summed E-state index contributed by atoms with van der Waals surface area (Å²) in [7, 11) is 0. The van der Waals surface area contributed by atoms with E-state index in [0.717, 1.165) is 6.42 Å². The van der Waals surface area contributed by atoms with Crippen LogP contribution in [0, 0.1) is 11.8 Å². The normalized spacial score (nSPS) is 20.8. The van der Waals surface area contributed by atoms with Crippen molar-refractivity contribution in [2.75, 3.05) is 33.0 Å². The molecular weight excluding hydrogens is 244 g/mol. The number of hydrogen-bond acceptors (Lipinski definition) is 3. The van der Waals surface area contributed by atoms with Crippen LogP contribution in [0.1, 0.15) is 34.1 Å². The van der Waals surface area contributed by atoms with Crippen molar-refractivity contribution in [2.45, 2.75) is 40.2 Å². The first-order chi connectivity index (χ1) is 8.90. The van der Waals surface area contributed by atoms with Crippen LogP contribution in [0.25, 0.3) is 0 Å². The Labute approximate surface area is 116 Å². The summed E-state index contributed by atoms with van der Waals surface area (Å²) in [5.41, 5.74) is 0. The van der Waals surface area contributed by atoms with Gasteiger partial charge in [0.25, 0.3) is 0 Å². The van der Waals surface area contributed by atoms with Gasteiger partial charge >= 0.3 is 6.03 Å². The van der Waals surface area contributed by atoms with Gasteiger partial charge in [-0.3, -0.25) is 4.90 Å². The number of nitrogens with zero attached hydrogens (tertiary/aromatic N) is 2. The van der Waals surface area contributed by atoms with Crippen LogP contribution in [0.2, 0.25) is 0 Å². The van der Waals surface area contributed by atoms with Crippen molar-refractivity contribution in [3.8, 4) is 0 Å². The summed E-state index contributed by atoms with van der Waals surface area (Å²) in [6, 6.07) is -0.0188. The van der Waals surface area contributed by atoms with E-state index in [1.165, 1.54) is 0 Å². The maximum absolute atomic E-state index is 12.2. The topological polar surface area (TPSA) is 53.0 Å². The van der Waals surface area contributed by atoms with Gasteiger partial charge in [0.1, 0.15) is 6.73 Å². The van der Waals surface area contributed by atoms with Crippen molar-refractivity contribution in [2.24, 2.45) is 11.8 Å². The van der Waals surface area contributed by atoms with Crippen molar-refractivity contribution in [1.29, 1.82) is 0 Å². The fourth-order valence-corrected chi connectivity index (χ4v) is 2.03. The molecule has 1 atom stereocenters. The third-order valence-corrected chi connectivity index (χ3v) is 3.08. The third-order valence-electron chi connectivity index (χ3n) is 3.08. The second-order valence-corrected chi connectivity index (χ2v) is 6.18. The summed E-state index contributed by atoms with van der Waals surface area (Å²) in [4.78, 5) is 15.5. The van der Waals surface area contributed by atoms with Crippen LogP contribution in [-0.2, 0) is 4.74 Å². The van der Waals surface area contributed by atoms with Crippen LogP contribution < -0.4 is 0 Å². The van der Waals surface area contributed by atoms with E-state index in [2.05, 4.69) is 27.7 Å². The summed E-state index contributed by atoms with van der Waals surface area (Å²) in [5.74, 6) is 0.999. The van der Waals surface area contributed by atoms with Crippen LogP contribution in [0.3, 0.4) is 0 Å². The minimum atomic E-state index is -0.479. The number of carbonyl (C=O) groups is 1. The second kappa shape index (κ2) is 7.70. The highest BCUT2D eigenvalue weighted by atomic mass is 16.5. The van der Waals surface area contributed by atoms with Gasteiger partial charge < -0.3 is 14.7 Å². The minimum Gasteiger partial charge on any atom is -0.389 e. The molecule has 0 aliphatic carbocycles. The number of β-amino-alcohol motifs (C(OH)–C–C–N with tert-alkyl or cyclic N) is 1. The van der Waals surface area contributed by atoms with E-state index in [1.54, 1.807) is 9.80 Å². The maximum atomic E-state index is 12.2. The van der Waals surface area contributed by atoms with Gasteiger partial charge in [-0.05, 0) is 18.3 Å².